The fourth-order valence-electron chi connectivity index (χ4n) is 2.69. The largest absolute Gasteiger partial charge is 0.451 e. The number of hydrogen-bond acceptors (Lipinski definition) is 5. The smallest absolute Gasteiger partial charge is 0.355 e. The third-order valence-corrected chi connectivity index (χ3v) is 6.29. The zero-order valence-corrected chi connectivity index (χ0v) is 15.8. The van der Waals surface area contributed by atoms with Crippen LogP contribution in [-0.4, -0.2) is 49.3 Å². The summed E-state index contributed by atoms with van der Waals surface area (Å²) in [4.78, 5) is 26.5. The molecule has 0 bridgehead atoms. The third kappa shape index (κ3) is 4.49. The standard InChI is InChI=1S/C17H18ClN3O5S/c18-13-6-5-12(27(24,25)21-8-1-2-9-21)10-15(13)20-16(22)11-26-17(23)14-4-3-7-19-14/h3-7,10,19H,1-2,8-9,11H2,(H,20,22). The van der Waals surface area contributed by atoms with Gasteiger partial charge in [-0.25, -0.2) is 13.2 Å². The van der Waals surface area contributed by atoms with E-state index < -0.39 is 28.5 Å². The first-order valence-corrected chi connectivity index (χ1v) is 10.1. The van der Waals surface area contributed by atoms with Crippen LogP contribution in [0.25, 0.3) is 0 Å². The summed E-state index contributed by atoms with van der Waals surface area (Å²) in [6.07, 6.45) is 3.20. The van der Waals surface area contributed by atoms with Crippen molar-refractivity contribution >= 4 is 39.2 Å². The maximum absolute atomic E-state index is 12.6. The quantitative estimate of drug-likeness (QED) is 0.708. The van der Waals surface area contributed by atoms with Crippen molar-refractivity contribution in [2.24, 2.45) is 0 Å². The van der Waals surface area contributed by atoms with Crippen molar-refractivity contribution in [1.29, 1.82) is 0 Å². The Morgan fingerprint density at radius 1 is 1.22 bits per heavy atom. The second kappa shape index (κ2) is 8.12. The lowest BCUT2D eigenvalue weighted by Gasteiger charge is -2.16. The Hall–Kier alpha value is -2.36. The Kier molecular flexibility index (Phi) is 5.83. The fraction of sp³-hybridized carbons (Fsp3) is 0.294. The molecule has 0 aliphatic carbocycles. The van der Waals surface area contributed by atoms with Crippen molar-refractivity contribution < 1.29 is 22.7 Å². The molecular weight excluding hydrogens is 394 g/mol. The van der Waals surface area contributed by atoms with E-state index >= 15 is 0 Å². The van der Waals surface area contributed by atoms with E-state index in [0.29, 0.717) is 13.1 Å². The monoisotopic (exact) mass is 411 g/mol. The van der Waals surface area contributed by atoms with Crippen LogP contribution in [0.4, 0.5) is 5.69 Å². The number of ether oxygens (including phenoxy) is 1. The Morgan fingerprint density at radius 2 is 1.96 bits per heavy atom. The number of carbonyl (C=O) groups is 2. The summed E-state index contributed by atoms with van der Waals surface area (Å²) in [5.41, 5.74) is 0.359. The van der Waals surface area contributed by atoms with Crippen molar-refractivity contribution in [3.63, 3.8) is 0 Å². The molecule has 0 spiro atoms. The van der Waals surface area contributed by atoms with Crippen LogP contribution in [0.2, 0.25) is 5.02 Å². The Balaban J connectivity index is 1.67. The fourth-order valence-corrected chi connectivity index (χ4v) is 4.40. The SMILES string of the molecule is O=C(COC(=O)c1ccc[nH]1)Nc1cc(S(=O)(=O)N2CCCC2)ccc1Cl. The number of H-pyrrole nitrogens is 1. The number of rotatable bonds is 6. The molecule has 2 heterocycles. The molecule has 1 aromatic carbocycles. The molecule has 0 saturated carbocycles. The van der Waals surface area contributed by atoms with Crippen LogP contribution < -0.4 is 5.32 Å². The van der Waals surface area contributed by atoms with Crippen LogP contribution in [0, 0.1) is 0 Å². The molecular formula is C17H18ClN3O5S. The summed E-state index contributed by atoms with van der Waals surface area (Å²) in [6, 6.07) is 7.26. The van der Waals surface area contributed by atoms with Crippen molar-refractivity contribution in [2.45, 2.75) is 17.7 Å². The van der Waals surface area contributed by atoms with Gasteiger partial charge in [0.15, 0.2) is 6.61 Å². The minimum Gasteiger partial charge on any atom is -0.451 e. The van der Waals surface area contributed by atoms with E-state index in [9.17, 15) is 18.0 Å². The average Bonchev–Trinajstić information content (AvgIpc) is 3.35. The van der Waals surface area contributed by atoms with Gasteiger partial charge >= 0.3 is 5.97 Å². The summed E-state index contributed by atoms with van der Waals surface area (Å²) >= 11 is 6.06. The highest BCUT2D eigenvalue weighted by atomic mass is 35.5. The van der Waals surface area contributed by atoms with Gasteiger partial charge in [0, 0.05) is 19.3 Å². The number of carbonyl (C=O) groups excluding carboxylic acids is 2. The lowest BCUT2D eigenvalue weighted by Crippen LogP contribution is -2.28. The highest BCUT2D eigenvalue weighted by molar-refractivity contribution is 7.89. The molecule has 1 fully saturated rings. The van der Waals surface area contributed by atoms with E-state index in [1.54, 1.807) is 12.3 Å². The van der Waals surface area contributed by atoms with Crippen LogP contribution in [0.1, 0.15) is 23.3 Å². The predicted molar refractivity (Wildman–Crippen MR) is 99.1 cm³/mol. The maximum Gasteiger partial charge on any atom is 0.355 e. The van der Waals surface area contributed by atoms with Gasteiger partial charge in [-0.1, -0.05) is 11.6 Å². The van der Waals surface area contributed by atoms with Gasteiger partial charge in [0.2, 0.25) is 10.0 Å². The Labute approximate surface area is 161 Å². The van der Waals surface area contributed by atoms with Crippen LogP contribution in [-0.2, 0) is 19.6 Å². The highest BCUT2D eigenvalue weighted by Gasteiger charge is 2.27. The summed E-state index contributed by atoms with van der Waals surface area (Å²) in [5.74, 6) is -1.31. The molecule has 1 aliphatic rings. The van der Waals surface area contributed by atoms with Crippen molar-refractivity contribution in [2.75, 3.05) is 25.0 Å². The van der Waals surface area contributed by atoms with Crippen LogP contribution >= 0.6 is 11.6 Å². The molecule has 3 rings (SSSR count). The first-order valence-electron chi connectivity index (χ1n) is 8.28. The topological polar surface area (TPSA) is 109 Å². The molecule has 1 saturated heterocycles. The Bertz CT molecular complexity index is 937. The first-order chi connectivity index (χ1) is 12.9. The number of aromatic nitrogens is 1. The zero-order valence-electron chi connectivity index (χ0n) is 14.3. The van der Waals surface area contributed by atoms with E-state index in [-0.39, 0.29) is 21.3 Å². The number of hydrogen-bond donors (Lipinski definition) is 2. The molecule has 2 aromatic rings. The molecule has 0 radical (unpaired) electrons. The number of aromatic amines is 1. The number of nitrogens with zero attached hydrogens (tertiary/aromatic N) is 1. The maximum atomic E-state index is 12.6. The van der Waals surface area contributed by atoms with E-state index in [0.717, 1.165) is 12.8 Å². The lowest BCUT2D eigenvalue weighted by atomic mass is 10.3. The normalized spacial score (nSPS) is 14.9. The molecule has 144 valence electrons. The summed E-state index contributed by atoms with van der Waals surface area (Å²) in [6.45, 7) is 0.417. The van der Waals surface area contributed by atoms with Gasteiger partial charge in [-0.15, -0.1) is 0 Å². The van der Waals surface area contributed by atoms with Gasteiger partial charge in [-0.3, -0.25) is 4.79 Å². The Morgan fingerprint density at radius 3 is 2.63 bits per heavy atom. The number of halogens is 1. The summed E-state index contributed by atoms with van der Waals surface area (Å²) in [5, 5.41) is 2.65. The van der Waals surface area contributed by atoms with Gasteiger partial charge in [0.25, 0.3) is 5.91 Å². The van der Waals surface area contributed by atoms with Crippen molar-refractivity contribution in [3.8, 4) is 0 Å². The number of esters is 1. The number of amides is 1. The number of anilines is 1. The number of sulfonamides is 1. The second-order valence-corrected chi connectivity index (χ2v) is 8.31. The van der Waals surface area contributed by atoms with E-state index in [1.165, 1.54) is 28.6 Å². The van der Waals surface area contributed by atoms with E-state index in [4.69, 9.17) is 16.3 Å². The van der Waals surface area contributed by atoms with Gasteiger partial charge in [0.05, 0.1) is 15.6 Å². The zero-order chi connectivity index (χ0) is 19.4. The molecule has 2 N–H and O–H groups in total. The van der Waals surface area contributed by atoms with Gasteiger partial charge in [0.1, 0.15) is 5.69 Å². The number of nitrogens with one attached hydrogen (secondary N) is 2. The molecule has 1 aliphatic heterocycles. The molecule has 0 unspecified atom stereocenters. The molecule has 27 heavy (non-hydrogen) atoms. The molecule has 1 amide bonds. The lowest BCUT2D eigenvalue weighted by molar-refractivity contribution is -0.119. The van der Waals surface area contributed by atoms with Crippen LogP contribution in [0.15, 0.2) is 41.4 Å². The molecule has 10 heteroatoms. The van der Waals surface area contributed by atoms with Gasteiger partial charge in [-0.2, -0.15) is 4.31 Å². The minimum atomic E-state index is -3.64. The second-order valence-electron chi connectivity index (χ2n) is 5.96. The van der Waals surface area contributed by atoms with E-state index in [2.05, 4.69) is 10.3 Å². The molecule has 1 aromatic heterocycles. The number of benzene rings is 1. The van der Waals surface area contributed by atoms with Crippen molar-refractivity contribution in [1.82, 2.24) is 9.29 Å². The summed E-state index contributed by atoms with van der Waals surface area (Å²) < 4.78 is 31.5. The van der Waals surface area contributed by atoms with Crippen molar-refractivity contribution in [3.05, 3.63) is 47.2 Å². The molecule has 8 nitrogen and oxygen atoms in total. The van der Waals surface area contributed by atoms with Gasteiger partial charge in [-0.05, 0) is 43.2 Å². The highest BCUT2D eigenvalue weighted by Crippen LogP contribution is 2.28. The van der Waals surface area contributed by atoms with E-state index in [1.807, 2.05) is 0 Å². The van der Waals surface area contributed by atoms with Crippen LogP contribution in [0.5, 0.6) is 0 Å². The van der Waals surface area contributed by atoms with Gasteiger partial charge < -0.3 is 15.0 Å². The summed E-state index contributed by atoms with van der Waals surface area (Å²) in [7, 11) is -3.64. The first kappa shape index (κ1) is 19.4. The predicted octanol–water partition coefficient (Wildman–Crippen LogP) is 2.25. The average molecular weight is 412 g/mol. The molecule has 0 atom stereocenters. The van der Waals surface area contributed by atoms with Crippen LogP contribution in [0.3, 0.4) is 0 Å². The third-order valence-electron chi connectivity index (χ3n) is 4.07. The minimum absolute atomic E-state index is 0.0486.